The zero-order chi connectivity index (χ0) is 27.3. The topological polar surface area (TPSA) is 116 Å². The molecule has 0 saturated carbocycles. The van der Waals surface area contributed by atoms with Crippen molar-refractivity contribution < 1.29 is 22.8 Å². The number of imidazole rings is 1. The Labute approximate surface area is 221 Å². The normalized spacial score (nSPS) is 14.6. The molecule has 1 aromatic heterocycles. The zero-order valence-electron chi connectivity index (χ0n) is 20.1. The summed E-state index contributed by atoms with van der Waals surface area (Å²) in [6.45, 7) is 1.65. The average Bonchev–Trinajstić information content (AvgIpc) is 3.45. The fourth-order valence-corrected chi connectivity index (χ4v) is 4.26. The van der Waals surface area contributed by atoms with Gasteiger partial charge in [-0.05, 0) is 55.7 Å². The quantitative estimate of drug-likeness (QED) is 0.199. The summed E-state index contributed by atoms with van der Waals surface area (Å²) in [6.07, 6.45) is 3.50. The molecule has 1 fully saturated rings. The van der Waals surface area contributed by atoms with Crippen LogP contribution in [0.2, 0.25) is 5.02 Å². The van der Waals surface area contributed by atoms with E-state index in [2.05, 4.69) is 25.2 Å². The van der Waals surface area contributed by atoms with E-state index in [0.717, 1.165) is 62.6 Å². The lowest BCUT2D eigenvalue weighted by Crippen LogP contribution is -2.29. The van der Waals surface area contributed by atoms with Crippen LogP contribution >= 0.6 is 11.6 Å². The lowest BCUT2D eigenvalue weighted by Gasteiger charge is -2.29. The van der Waals surface area contributed by atoms with Gasteiger partial charge in [-0.1, -0.05) is 11.6 Å². The van der Waals surface area contributed by atoms with Gasteiger partial charge in [-0.25, -0.2) is 4.98 Å². The predicted octanol–water partition coefficient (Wildman–Crippen LogP) is 5.75. The van der Waals surface area contributed by atoms with E-state index < -0.39 is 28.5 Å². The Kier molecular flexibility index (Phi) is 8.16. The van der Waals surface area contributed by atoms with Crippen molar-refractivity contribution in [2.45, 2.75) is 25.4 Å². The van der Waals surface area contributed by atoms with Gasteiger partial charge in [0.2, 0.25) is 0 Å². The summed E-state index contributed by atoms with van der Waals surface area (Å²) in [6, 6.07) is 8.24. The van der Waals surface area contributed by atoms with E-state index in [-0.39, 0.29) is 28.3 Å². The van der Waals surface area contributed by atoms with Gasteiger partial charge in [0.05, 0.1) is 27.5 Å². The van der Waals surface area contributed by atoms with Crippen LogP contribution in [-0.2, 0) is 6.18 Å². The molecular formula is C26H24ClF3N6O2. The number of aliphatic imine (C=N–C) groups is 1. The lowest BCUT2D eigenvalue weighted by atomic mass is 10.0. The van der Waals surface area contributed by atoms with Crippen LogP contribution in [0.1, 0.15) is 45.8 Å². The van der Waals surface area contributed by atoms with Crippen LogP contribution in [0.5, 0.6) is 0 Å². The number of ketones is 1. The minimum Gasteiger partial charge on any atom is -0.404 e. The Morgan fingerprint density at radius 2 is 1.89 bits per heavy atom. The number of aromatic amines is 1. The van der Waals surface area contributed by atoms with E-state index in [0.29, 0.717) is 0 Å². The smallest absolute Gasteiger partial charge is 0.404 e. The van der Waals surface area contributed by atoms with Crippen LogP contribution < -0.4 is 16.0 Å². The molecule has 0 atom stereocenters. The van der Waals surface area contributed by atoms with Gasteiger partial charge in [0.25, 0.3) is 5.91 Å². The van der Waals surface area contributed by atoms with Crippen molar-refractivity contribution in [1.29, 1.82) is 0 Å². The van der Waals surface area contributed by atoms with E-state index >= 15 is 0 Å². The molecule has 38 heavy (non-hydrogen) atoms. The number of hydrogen-bond acceptors (Lipinski definition) is 6. The van der Waals surface area contributed by atoms with Crippen molar-refractivity contribution in [2.75, 3.05) is 23.3 Å². The highest BCUT2D eigenvalue weighted by Crippen LogP contribution is 2.37. The predicted molar refractivity (Wildman–Crippen MR) is 140 cm³/mol. The standard InChI is InChI=1S/C26H24ClF3N6O2/c27-21-6-4-17(12-20(21)26(28,29)30)34-15-16(14-31)23(37)19-13-18(36-10-2-1-3-11-36)5-7-22(19)35-25(38)24-32-8-9-33-24/h4-9,12-15H,1-3,10-11,31H2,(H,32,33)(H,35,38)/b16-14+,34-15?. The summed E-state index contributed by atoms with van der Waals surface area (Å²) in [5.74, 6) is -1.07. The number of nitrogens with zero attached hydrogens (tertiary/aromatic N) is 3. The van der Waals surface area contributed by atoms with Gasteiger partial charge in [0.1, 0.15) is 0 Å². The van der Waals surface area contributed by atoms with Gasteiger partial charge in [-0.2, -0.15) is 13.2 Å². The van der Waals surface area contributed by atoms with E-state index in [1.165, 1.54) is 18.5 Å². The number of carbonyl (C=O) groups is 2. The Morgan fingerprint density at radius 1 is 1.13 bits per heavy atom. The number of amides is 1. The number of anilines is 2. The SMILES string of the molecule is N/C=C(\C=Nc1ccc(Cl)c(C(F)(F)F)c1)C(=O)c1cc(N2CCCCC2)ccc1NC(=O)c1ncc[nH]1. The molecule has 1 aliphatic rings. The number of benzene rings is 2. The second kappa shape index (κ2) is 11.5. The van der Waals surface area contributed by atoms with Crippen LogP contribution in [0.15, 0.2) is 65.6 Å². The fourth-order valence-electron chi connectivity index (χ4n) is 4.04. The fraction of sp³-hybridized carbons (Fsp3) is 0.231. The molecule has 8 nitrogen and oxygen atoms in total. The molecule has 1 amide bonds. The molecule has 0 spiro atoms. The van der Waals surface area contributed by atoms with Gasteiger partial charge in [0, 0.05) is 49.1 Å². The number of alkyl halides is 3. The van der Waals surface area contributed by atoms with Crippen LogP contribution in [0.3, 0.4) is 0 Å². The summed E-state index contributed by atoms with van der Waals surface area (Å²) >= 11 is 5.67. The van der Waals surface area contributed by atoms with Gasteiger partial charge < -0.3 is 20.9 Å². The van der Waals surface area contributed by atoms with Crippen molar-refractivity contribution in [1.82, 2.24) is 9.97 Å². The zero-order valence-corrected chi connectivity index (χ0v) is 20.8. The van der Waals surface area contributed by atoms with Crippen LogP contribution in [0.4, 0.5) is 30.2 Å². The van der Waals surface area contributed by atoms with Crippen molar-refractivity contribution in [3.05, 3.63) is 82.5 Å². The minimum atomic E-state index is -4.67. The number of nitrogens with two attached hydrogens (primary N) is 1. The molecule has 1 aliphatic heterocycles. The Hall–Kier alpha value is -4.12. The van der Waals surface area contributed by atoms with E-state index in [1.807, 2.05) is 6.07 Å². The van der Waals surface area contributed by atoms with Gasteiger partial charge >= 0.3 is 6.18 Å². The molecule has 0 aliphatic carbocycles. The third-order valence-corrected chi connectivity index (χ3v) is 6.31. The maximum atomic E-state index is 13.6. The first-order valence-electron chi connectivity index (χ1n) is 11.7. The third kappa shape index (κ3) is 6.23. The number of allylic oxidation sites excluding steroid dienone is 1. The molecule has 0 radical (unpaired) electrons. The Morgan fingerprint density at radius 3 is 2.55 bits per heavy atom. The maximum absolute atomic E-state index is 13.6. The molecule has 4 N–H and O–H groups in total. The summed E-state index contributed by atoms with van der Waals surface area (Å²) in [5, 5.41) is 2.22. The molecule has 2 heterocycles. The molecule has 12 heteroatoms. The number of piperidine rings is 1. The summed E-state index contributed by atoms with van der Waals surface area (Å²) in [7, 11) is 0. The van der Waals surface area contributed by atoms with Gasteiger partial charge in [-0.15, -0.1) is 0 Å². The van der Waals surface area contributed by atoms with Crippen molar-refractivity contribution >= 4 is 46.6 Å². The second-order valence-corrected chi connectivity index (χ2v) is 8.95. The largest absolute Gasteiger partial charge is 0.417 e. The number of aromatic nitrogens is 2. The van der Waals surface area contributed by atoms with Gasteiger partial charge in [-0.3, -0.25) is 14.6 Å². The third-order valence-electron chi connectivity index (χ3n) is 5.98. The monoisotopic (exact) mass is 544 g/mol. The number of H-pyrrole nitrogens is 1. The molecule has 4 rings (SSSR count). The van der Waals surface area contributed by atoms with E-state index in [9.17, 15) is 22.8 Å². The summed E-state index contributed by atoms with van der Waals surface area (Å²) < 4.78 is 39.7. The number of nitrogens with one attached hydrogen (secondary N) is 2. The number of Topliss-reactive ketones (excluding diaryl/α,β-unsaturated/α-hetero) is 1. The van der Waals surface area contributed by atoms with Crippen LogP contribution in [-0.4, -0.2) is 41.0 Å². The number of halogens is 4. The molecular weight excluding hydrogens is 521 g/mol. The number of rotatable bonds is 7. The molecule has 198 valence electrons. The Balaban J connectivity index is 1.66. The Bertz CT molecular complexity index is 1380. The van der Waals surface area contributed by atoms with E-state index in [1.54, 1.807) is 12.1 Å². The number of hydrogen-bond donors (Lipinski definition) is 3. The average molecular weight is 545 g/mol. The van der Waals surface area contributed by atoms with E-state index in [4.69, 9.17) is 17.3 Å². The van der Waals surface area contributed by atoms with Crippen LogP contribution in [0, 0.1) is 0 Å². The second-order valence-electron chi connectivity index (χ2n) is 8.54. The minimum absolute atomic E-state index is 0.0582. The molecule has 1 saturated heterocycles. The highest BCUT2D eigenvalue weighted by Gasteiger charge is 2.33. The lowest BCUT2D eigenvalue weighted by molar-refractivity contribution is -0.137. The van der Waals surface area contributed by atoms with Gasteiger partial charge in [0.15, 0.2) is 11.6 Å². The first kappa shape index (κ1) is 26.9. The van der Waals surface area contributed by atoms with Crippen molar-refractivity contribution in [3.63, 3.8) is 0 Å². The highest BCUT2D eigenvalue weighted by molar-refractivity contribution is 6.31. The maximum Gasteiger partial charge on any atom is 0.417 e. The molecule has 3 aromatic rings. The van der Waals surface area contributed by atoms with Crippen molar-refractivity contribution in [2.24, 2.45) is 10.7 Å². The van der Waals surface area contributed by atoms with Crippen molar-refractivity contribution in [3.8, 4) is 0 Å². The first-order valence-corrected chi connectivity index (χ1v) is 12.1. The van der Waals surface area contributed by atoms with Crippen LogP contribution in [0.25, 0.3) is 0 Å². The molecule has 2 aromatic carbocycles. The summed E-state index contributed by atoms with van der Waals surface area (Å²) in [5.41, 5.74) is 5.68. The first-order chi connectivity index (χ1) is 18.2. The molecule has 0 bridgehead atoms. The highest BCUT2D eigenvalue weighted by atomic mass is 35.5. The molecule has 0 unspecified atom stereocenters. The number of carbonyl (C=O) groups excluding carboxylic acids is 2. The summed E-state index contributed by atoms with van der Waals surface area (Å²) in [4.78, 5) is 39.0.